The summed E-state index contributed by atoms with van der Waals surface area (Å²) in [5.41, 5.74) is 0.987. The molecule has 2 aromatic heterocycles. The Morgan fingerprint density at radius 1 is 1.41 bits per heavy atom. The Hall–Kier alpha value is -2.21. The van der Waals surface area contributed by atoms with E-state index in [-0.39, 0.29) is 11.7 Å². The number of aromatic nitrogens is 2. The molecule has 22 heavy (non-hydrogen) atoms. The van der Waals surface area contributed by atoms with Gasteiger partial charge in [-0.2, -0.15) is 9.37 Å². The summed E-state index contributed by atoms with van der Waals surface area (Å²) < 4.78 is 20.3. The maximum absolute atomic E-state index is 13.0. The van der Waals surface area contributed by atoms with Crippen molar-refractivity contribution in [1.29, 1.82) is 0 Å². The van der Waals surface area contributed by atoms with Crippen molar-refractivity contribution < 1.29 is 9.13 Å². The summed E-state index contributed by atoms with van der Waals surface area (Å²) in [6.45, 7) is 2.34. The average molecular weight is 303 g/mol. The van der Waals surface area contributed by atoms with Crippen LogP contribution in [0.5, 0.6) is 5.88 Å². The molecule has 1 aliphatic heterocycles. The zero-order valence-corrected chi connectivity index (χ0v) is 12.4. The highest BCUT2D eigenvalue weighted by atomic mass is 19.1. The van der Waals surface area contributed by atoms with Crippen LogP contribution in [0, 0.1) is 5.95 Å². The van der Waals surface area contributed by atoms with Crippen LogP contribution in [0.3, 0.4) is 0 Å². The quantitative estimate of drug-likeness (QED) is 0.805. The molecular formula is C16H18FN3O2. The number of ether oxygens (including phenoxy) is 1. The molecule has 0 aliphatic carbocycles. The normalized spacial score (nSPS) is 18.5. The smallest absolute Gasteiger partial charge is 0.250 e. The molecule has 2 aromatic rings. The van der Waals surface area contributed by atoms with Crippen LogP contribution in [0.4, 0.5) is 4.39 Å². The fourth-order valence-electron chi connectivity index (χ4n) is 2.61. The van der Waals surface area contributed by atoms with Crippen molar-refractivity contribution in [2.45, 2.75) is 19.1 Å². The lowest BCUT2D eigenvalue weighted by atomic mass is 10.2. The van der Waals surface area contributed by atoms with Gasteiger partial charge in [0.2, 0.25) is 11.8 Å². The van der Waals surface area contributed by atoms with E-state index in [4.69, 9.17) is 4.74 Å². The molecule has 5 nitrogen and oxygen atoms in total. The summed E-state index contributed by atoms with van der Waals surface area (Å²) in [7, 11) is 1.73. The standard InChI is InChI=1S/C16H18FN3O2/c1-19-7-5-12(9-16(19)21)10-20-8-6-13(11-20)22-15-4-2-3-14(17)18-15/h2-5,7,9,13H,6,8,10-11H2,1H3. The predicted octanol–water partition coefficient (Wildman–Crippen LogP) is 1.57. The van der Waals surface area contributed by atoms with Gasteiger partial charge in [-0.05, 0) is 24.1 Å². The SMILES string of the molecule is Cn1ccc(CN2CCC(Oc3cccc(F)n3)C2)cc1=O. The second kappa shape index (κ2) is 6.27. The van der Waals surface area contributed by atoms with E-state index in [0.717, 1.165) is 25.1 Å². The molecule has 6 heteroatoms. The molecule has 3 rings (SSSR count). The highest BCUT2D eigenvalue weighted by Gasteiger charge is 2.24. The van der Waals surface area contributed by atoms with Crippen LogP contribution in [-0.2, 0) is 13.6 Å². The lowest BCUT2D eigenvalue weighted by molar-refractivity contribution is 0.189. The molecular weight excluding hydrogens is 285 g/mol. The van der Waals surface area contributed by atoms with E-state index in [1.807, 2.05) is 6.07 Å². The van der Waals surface area contributed by atoms with Gasteiger partial charge in [0.15, 0.2) is 0 Å². The fraction of sp³-hybridized carbons (Fsp3) is 0.375. The van der Waals surface area contributed by atoms with Crippen molar-refractivity contribution in [1.82, 2.24) is 14.5 Å². The molecule has 1 unspecified atom stereocenters. The van der Waals surface area contributed by atoms with Crippen molar-refractivity contribution in [3.63, 3.8) is 0 Å². The van der Waals surface area contributed by atoms with Crippen LogP contribution >= 0.6 is 0 Å². The molecule has 1 atom stereocenters. The van der Waals surface area contributed by atoms with Gasteiger partial charge in [-0.1, -0.05) is 6.07 Å². The van der Waals surface area contributed by atoms with Crippen molar-refractivity contribution in [3.8, 4) is 5.88 Å². The maximum atomic E-state index is 13.0. The van der Waals surface area contributed by atoms with E-state index in [1.54, 1.807) is 36.0 Å². The number of halogens is 1. The summed E-state index contributed by atoms with van der Waals surface area (Å²) in [4.78, 5) is 17.6. The highest BCUT2D eigenvalue weighted by molar-refractivity contribution is 5.12. The van der Waals surface area contributed by atoms with Crippen LogP contribution in [0.2, 0.25) is 0 Å². The van der Waals surface area contributed by atoms with Gasteiger partial charge in [0.1, 0.15) is 6.10 Å². The highest BCUT2D eigenvalue weighted by Crippen LogP contribution is 2.18. The minimum Gasteiger partial charge on any atom is -0.473 e. The second-order valence-corrected chi connectivity index (χ2v) is 5.55. The van der Waals surface area contributed by atoms with Crippen LogP contribution in [-0.4, -0.2) is 33.6 Å². The van der Waals surface area contributed by atoms with Gasteiger partial charge < -0.3 is 9.30 Å². The molecule has 0 saturated carbocycles. The summed E-state index contributed by atoms with van der Waals surface area (Å²) in [5.74, 6) is -0.215. The molecule has 0 aromatic carbocycles. The van der Waals surface area contributed by atoms with Crippen LogP contribution in [0.15, 0.2) is 41.3 Å². The zero-order chi connectivity index (χ0) is 15.5. The van der Waals surface area contributed by atoms with Crippen molar-refractivity contribution >= 4 is 0 Å². The van der Waals surface area contributed by atoms with E-state index in [0.29, 0.717) is 12.4 Å². The third-order valence-electron chi connectivity index (χ3n) is 3.78. The first-order chi connectivity index (χ1) is 10.6. The molecule has 1 fully saturated rings. The second-order valence-electron chi connectivity index (χ2n) is 5.55. The number of hydrogen-bond donors (Lipinski definition) is 0. The van der Waals surface area contributed by atoms with Gasteiger partial charge in [-0.3, -0.25) is 9.69 Å². The Bertz CT molecular complexity index is 717. The minimum absolute atomic E-state index is 0.000783. The van der Waals surface area contributed by atoms with E-state index in [1.165, 1.54) is 6.07 Å². The van der Waals surface area contributed by atoms with Gasteiger partial charge >= 0.3 is 0 Å². The molecule has 0 amide bonds. The fourth-order valence-corrected chi connectivity index (χ4v) is 2.61. The molecule has 0 radical (unpaired) electrons. The Kier molecular flexibility index (Phi) is 4.20. The summed E-state index contributed by atoms with van der Waals surface area (Å²) in [5, 5.41) is 0. The third-order valence-corrected chi connectivity index (χ3v) is 3.78. The molecule has 0 bridgehead atoms. The third kappa shape index (κ3) is 3.51. The summed E-state index contributed by atoms with van der Waals surface area (Å²) in [6, 6.07) is 8.15. The number of likely N-dealkylation sites (tertiary alicyclic amines) is 1. The van der Waals surface area contributed by atoms with E-state index >= 15 is 0 Å². The largest absolute Gasteiger partial charge is 0.473 e. The monoisotopic (exact) mass is 303 g/mol. The van der Waals surface area contributed by atoms with Gasteiger partial charge in [0.25, 0.3) is 5.56 Å². The molecule has 3 heterocycles. The molecule has 1 saturated heterocycles. The Balaban J connectivity index is 1.58. The topological polar surface area (TPSA) is 47.4 Å². The number of pyridine rings is 2. The number of hydrogen-bond acceptors (Lipinski definition) is 4. The van der Waals surface area contributed by atoms with Crippen LogP contribution in [0.25, 0.3) is 0 Å². The van der Waals surface area contributed by atoms with Gasteiger partial charge in [-0.15, -0.1) is 0 Å². The Labute approximate surface area is 128 Å². The van der Waals surface area contributed by atoms with Gasteiger partial charge in [0, 0.05) is 45.0 Å². The van der Waals surface area contributed by atoms with Crippen LogP contribution in [0.1, 0.15) is 12.0 Å². The van der Waals surface area contributed by atoms with Crippen molar-refractivity contribution in [2.24, 2.45) is 7.05 Å². The van der Waals surface area contributed by atoms with E-state index in [9.17, 15) is 9.18 Å². The molecule has 0 spiro atoms. The Morgan fingerprint density at radius 2 is 2.27 bits per heavy atom. The average Bonchev–Trinajstić information content (AvgIpc) is 2.90. The lowest BCUT2D eigenvalue weighted by Gasteiger charge is -2.16. The molecule has 116 valence electrons. The van der Waals surface area contributed by atoms with E-state index in [2.05, 4.69) is 9.88 Å². The number of nitrogens with zero attached hydrogens (tertiary/aromatic N) is 3. The Morgan fingerprint density at radius 3 is 3.05 bits per heavy atom. The first kappa shape index (κ1) is 14.7. The number of aryl methyl sites for hydroxylation is 1. The van der Waals surface area contributed by atoms with Gasteiger partial charge in [-0.25, -0.2) is 0 Å². The zero-order valence-electron chi connectivity index (χ0n) is 12.4. The summed E-state index contributed by atoms with van der Waals surface area (Å²) in [6.07, 6.45) is 2.64. The first-order valence-electron chi connectivity index (χ1n) is 7.27. The lowest BCUT2D eigenvalue weighted by Crippen LogP contribution is -2.26. The molecule has 0 N–H and O–H groups in total. The number of rotatable bonds is 4. The van der Waals surface area contributed by atoms with Crippen LogP contribution < -0.4 is 10.3 Å². The minimum atomic E-state index is -0.535. The van der Waals surface area contributed by atoms with E-state index < -0.39 is 5.95 Å². The van der Waals surface area contributed by atoms with Gasteiger partial charge in [0.05, 0.1) is 0 Å². The van der Waals surface area contributed by atoms with Crippen molar-refractivity contribution in [3.05, 3.63) is 58.4 Å². The first-order valence-corrected chi connectivity index (χ1v) is 7.27. The maximum Gasteiger partial charge on any atom is 0.250 e. The molecule has 1 aliphatic rings. The predicted molar refractivity (Wildman–Crippen MR) is 80.2 cm³/mol. The van der Waals surface area contributed by atoms with Crippen molar-refractivity contribution in [2.75, 3.05) is 13.1 Å². The summed E-state index contributed by atoms with van der Waals surface area (Å²) >= 11 is 0.